The molecule has 0 radical (unpaired) electrons. The van der Waals surface area contributed by atoms with Gasteiger partial charge < -0.3 is 0 Å². The molecule has 0 aliphatic heterocycles. The molecular weight excluding hydrogens is 374 g/mol. The lowest BCUT2D eigenvalue weighted by atomic mass is 10.1. The molecule has 2 N–H and O–H groups in total. The second-order valence-corrected chi connectivity index (χ2v) is 6.94. The lowest BCUT2D eigenvalue weighted by Crippen LogP contribution is -2.12. The maximum Gasteiger partial charge on any atom is 0.435 e. The summed E-state index contributed by atoms with van der Waals surface area (Å²) in [6, 6.07) is 9.42. The van der Waals surface area contributed by atoms with Gasteiger partial charge in [0.15, 0.2) is 5.69 Å². The molecule has 3 aromatic rings. The molecule has 0 amide bonds. The summed E-state index contributed by atoms with van der Waals surface area (Å²) < 4.78 is 76.5. The fraction of sp³-hybridized carbons (Fsp3) is 0.0625. The third-order valence-corrected chi connectivity index (χ3v) is 4.50. The molecule has 1 heterocycles. The number of rotatable bonds is 3. The van der Waals surface area contributed by atoms with E-state index in [4.69, 9.17) is 5.14 Å². The van der Waals surface area contributed by atoms with Gasteiger partial charge in [-0.2, -0.15) is 18.3 Å². The van der Waals surface area contributed by atoms with Crippen LogP contribution in [0.2, 0.25) is 0 Å². The van der Waals surface area contributed by atoms with Crippen LogP contribution < -0.4 is 5.14 Å². The highest BCUT2D eigenvalue weighted by Gasteiger charge is 2.37. The Hall–Kier alpha value is -2.72. The van der Waals surface area contributed by atoms with Crippen LogP contribution in [0.3, 0.4) is 0 Å². The van der Waals surface area contributed by atoms with Gasteiger partial charge in [-0.15, -0.1) is 0 Å². The first kappa shape index (κ1) is 18.1. The molecule has 0 saturated carbocycles. The van der Waals surface area contributed by atoms with Crippen molar-refractivity contribution in [3.05, 3.63) is 66.2 Å². The summed E-state index contributed by atoms with van der Waals surface area (Å²) in [6.07, 6.45) is -3.59. The Kier molecular flexibility index (Phi) is 4.32. The standard InChI is InChI=1S/C16H11F4N3O2S/c17-11-3-1-10(2-4-11)14-9-23(22-15(14)16(18,19)20)12-5-7-13(8-6-12)26(21,24)25/h1-9H,(H2,21,24,25). The summed E-state index contributed by atoms with van der Waals surface area (Å²) in [4.78, 5) is -0.178. The van der Waals surface area contributed by atoms with E-state index in [0.717, 1.165) is 35.1 Å². The third kappa shape index (κ3) is 3.60. The Bertz CT molecular complexity index is 1040. The van der Waals surface area contributed by atoms with Crippen molar-refractivity contribution in [3.63, 3.8) is 0 Å². The van der Waals surface area contributed by atoms with Crippen molar-refractivity contribution in [2.24, 2.45) is 5.14 Å². The van der Waals surface area contributed by atoms with E-state index in [2.05, 4.69) is 5.10 Å². The number of hydrogen-bond donors (Lipinski definition) is 1. The first-order chi connectivity index (χ1) is 12.1. The van der Waals surface area contributed by atoms with E-state index >= 15 is 0 Å². The Morgan fingerprint density at radius 3 is 2.04 bits per heavy atom. The lowest BCUT2D eigenvalue weighted by molar-refractivity contribution is -0.140. The van der Waals surface area contributed by atoms with Gasteiger partial charge in [-0.1, -0.05) is 12.1 Å². The van der Waals surface area contributed by atoms with Crippen molar-refractivity contribution in [2.75, 3.05) is 0 Å². The van der Waals surface area contributed by atoms with Crippen LogP contribution in [0.1, 0.15) is 5.69 Å². The monoisotopic (exact) mass is 385 g/mol. The summed E-state index contributed by atoms with van der Waals surface area (Å²) in [6.45, 7) is 0. The second kappa shape index (κ2) is 6.22. The van der Waals surface area contributed by atoms with E-state index in [1.807, 2.05) is 0 Å². The van der Waals surface area contributed by atoms with Gasteiger partial charge in [0, 0.05) is 11.8 Å². The van der Waals surface area contributed by atoms with E-state index in [0.29, 0.717) is 0 Å². The first-order valence-corrected chi connectivity index (χ1v) is 8.66. The molecule has 10 heteroatoms. The molecule has 0 unspecified atom stereocenters. The van der Waals surface area contributed by atoms with Gasteiger partial charge in [0.1, 0.15) is 5.82 Å². The van der Waals surface area contributed by atoms with Gasteiger partial charge in [-0.25, -0.2) is 22.6 Å². The average molecular weight is 385 g/mol. The largest absolute Gasteiger partial charge is 0.435 e. The number of sulfonamides is 1. The van der Waals surface area contributed by atoms with Crippen LogP contribution in [0.15, 0.2) is 59.6 Å². The Morgan fingerprint density at radius 1 is 0.962 bits per heavy atom. The Balaban J connectivity index is 2.11. The van der Waals surface area contributed by atoms with Crippen molar-refractivity contribution in [2.45, 2.75) is 11.1 Å². The van der Waals surface area contributed by atoms with E-state index < -0.39 is 27.7 Å². The van der Waals surface area contributed by atoms with Crippen LogP contribution in [0.5, 0.6) is 0 Å². The molecule has 0 aliphatic rings. The lowest BCUT2D eigenvalue weighted by Gasteiger charge is -2.06. The molecule has 0 spiro atoms. The number of aromatic nitrogens is 2. The summed E-state index contributed by atoms with van der Waals surface area (Å²) in [5.41, 5.74) is -1.02. The number of primary sulfonamides is 1. The van der Waals surface area contributed by atoms with Crippen LogP contribution in [-0.2, 0) is 16.2 Å². The average Bonchev–Trinajstić information content (AvgIpc) is 3.00. The van der Waals surface area contributed by atoms with E-state index in [1.165, 1.54) is 24.3 Å². The number of halogens is 4. The molecule has 0 fully saturated rings. The highest BCUT2D eigenvalue weighted by atomic mass is 32.2. The zero-order valence-electron chi connectivity index (χ0n) is 12.9. The van der Waals surface area contributed by atoms with Crippen molar-refractivity contribution < 1.29 is 26.0 Å². The van der Waals surface area contributed by atoms with Crippen LogP contribution in [-0.4, -0.2) is 18.2 Å². The normalized spacial score (nSPS) is 12.3. The van der Waals surface area contributed by atoms with E-state index in [1.54, 1.807) is 0 Å². The summed E-state index contributed by atoms with van der Waals surface area (Å²) in [5.74, 6) is -0.576. The van der Waals surface area contributed by atoms with Gasteiger partial charge in [-0.3, -0.25) is 0 Å². The predicted molar refractivity (Wildman–Crippen MR) is 85.3 cm³/mol. The maximum atomic E-state index is 13.3. The third-order valence-electron chi connectivity index (χ3n) is 3.57. The molecule has 5 nitrogen and oxygen atoms in total. The van der Waals surface area contributed by atoms with Crippen LogP contribution in [0.4, 0.5) is 17.6 Å². The van der Waals surface area contributed by atoms with Gasteiger partial charge in [-0.05, 0) is 42.0 Å². The van der Waals surface area contributed by atoms with Gasteiger partial charge >= 0.3 is 6.18 Å². The quantitative estimate of drug-likeness (QED) is 0.703. The minimum Gasteiger partial charge on any atom is -0.240 e. The topological polar surface area (TPSA) is 78.0 Å². The van der Waals surface area contributed by atoms with Crippen molar-refractivity contribution in [3.8, 4) is 16.8 Å². The highest BCUT2D eigenvalue weighted by molar-refractivity contribution is 7.89. The molecule has 2 aromatic carbocycles. The SMILES string of the molecule is NS(=O)(=O)c1ccc(-n2cc(-c3ccc(F)cc3)c(C(F)(F)F)n2)cc1. The van der Waals surface area contributed by atoms with Gasteiger partial charge in [0.2, 0.25) is 10.0 Å². The molecule has 0 atom stereocenters. The maximum absolute atomic E-state index is 13.3. The number of alkyl halides is 3. The first-order valence-electron chi connectivity index (χ1n) is 7.12. The molecule has 136 valence electrons. The number of nitrogens with zero attached hydrogens (tertiary/aromatic N) is 2. The van der Waals surface area contributed by atoms with Crippen LogP contribution in [0, 0.1) is 5.82 Å². The molecule has 0 saturated heterocycles. The molecule has 0 aliphatic carbocycles. The minimum absolute atomic E-state index is 0.145. The minimum atomic E-state index is -4.73. The molecular formula is C16H11F4N3O2S. The molecule has 0 bridgehead atoms. The number of nitrogens with two attached hydrogens (primary N) is 1. The fourth-order valence-electron chi connectivity index (χ4n) is 2.34. The van der Waals surface area contributed by atoms with Crippen molar-refractivity contribution in [1.82, 2.24) is 9.78 Å². The fourth-order valence-corrected chi connectivity index (χ4v) is 2.86. The summed E-state index contributed by atoms with van der Waals surface area (Å²) in [5, 5.41) is 8.55. The van der Waals surface area contributed by atoms with Crippen molar-refractivity contribution in [1.29, 1.82) is 0 Å². The Morgan fingerprint density at radius 2 is 1.54 bits per heavy atom. The van der Waals surface area contributed by atoms with Crippen molar-refractivity contribution >= 4 is 10.0 Å². The zero-order chi connectivity index (χ0) is 19.1. The van der Waals surface area contributed by atoms with Gasteiger partial charge in [0.05, 0.1) is 10.6 Å². The summed E-state index contributed by atoms with van der Waals surface area (Å²) in [7, 11) is -3.92. The summed E-state index contributed by atoms with van der Waals surface area (Å²) >= 11 is 0. The van der Waals surface area contributed by atoms with Crippen LogP contribution in [0.25, 0.3) is 16.8 Å². The second-order valence-electron chi connectivity index (χ2n) is 5.38. The highest BCUT2D eigenvalue weighted by Crippen LogP contribution is 2.36. The molecule has 26 heavy (non-hydrogen) atoms. The van der Waals surface area contributed by atoms with Crippen LogP contribution >= 0.6 is 0 Å². The smallest absolute Gasteiger partial charge is 0.240 e. The van der Waals surface area contributed by atoms with E-state index in [-0.39, 0.29) is 21.7 Å². The van der Waals surface area contributed by atoms with E-state index in [9.17, 15) is 26.0 Å². The Labute approximate surface area is 145 Å². The number of hydrogen-bond acceptors (Lipinski definition) is 3. The molecule has 1 aromatic heterocycles. The van der Waals surface area contributed by atoms with Gasteiger partial charge in [0.25, 0.3) is 0 Å². The number of benzene rings is 2. The molecule has 3 rings (SSSR count). The predicted octanol–water partition coefficient (Wildman–Crippen LogP) is 3.34. The zero-order valence-corrected chi connectivity index (χ0v) is 13.7.